The molecule has 66 valence electrons. The zero-order chi connectivity index (χ0) is 8.81. The fraction of sp³-hybridized carbons (Fsp3) is 0.500. The van der Waals surface area contributed by atoms with Gasteiger partial charge in [-0.15, -0.1) is 10.2 Å². The van der Waals surface area contributed by atoms with E-state index < -0.39 is 0 Å². The van der Waals surface area contributed by atoms with E-state index in [9.17, 15) is 0 Å². The normalized spacial score (nSPS) is 9.83. The smallest absolute Gasteiger partial charge is 0.148 e. The van der Waals surface area contributed by atoms with E-state index in [4.69, 9.17) is 0 Å². The van der Waals surface area contributed by atoms with Crippen LogP contribution in [0.3, 0.4) is 0 Å². The molecule has 0 saturated heterocycles. The number of hydrogen-bond donors (Lipinski definition) is 1. The highest BCUT2D eigenvalue weighted by Crippen LogP contribution is 2.03. The Morgan fingerprint density at radius 2 is 2.25 bits per heavy atom. The number of anilines is 1. The summed E-state index contributed by atoms with van der Waals surface area (Å²) in [5.74, 6) is 0.865. The Bertz CT molecular complexity index is 222. The van der Waals surface area contributed by atoms with Crippen LogP contribution in [0.2, 0.25) is 0 Å². The maximum atomic E-state index is 3.98. The second-order valence-corrected chi connectivity index (χ2v) is 3.63. The molecule has 1 heterocycles. The summed E-state index contributed by atoms with van der Waals surface area (Å²) in [6.45, 7) is 3.15. The van der Waals surface area contributed by atoms with Crippen LogP contribution in [0.1, 0.15) is 19.8 Å². The van der Waals surface area contributed by atoms with E-state index in [-0.39, 0.29) is 0 Å². The van der Waals surface area contributed by atoms with Crippen molar-refractivity contribution < 1.29 is 0 Å². The molecule has 1 aromatic rings. The Kier molecular flexibility index (Phi) is 4.27. The molecule has 0 bridgehead atoms. The number of nitrogens with one attached hydrogen (secondary N) is 1. The minimum Gasteiger partial charge on any atom is -0.369 e. The van der Waals surface area contributed by atoms with Gasteiger partial charge in [-0.05, 0) is 41.1 Å². The molecule has 0 aliphatic rings. The van der Waals surface area contributed by atoms with Gasteiger partial charge >= 0.3 is 0 Å². The van der Waals surface area contributed by atoms with Crippen molar-refractivity contribution in [3.63, 3.8) is 0 Å². The van der Waals surface area contributed by atoms with Crippen molar-refractivity contribution >= 4 is 28.4 Å². The molecule has 1 N–H and O–H groups in total. The molecule has 0 aliphatic carbocycles. The summed E-state index contributed by atoms with van der Waals surface area (Å²) >= 11 is 2.14. The molecule has 0 amide bonds. The fourth-order valence-electron chi connectivity index (χ4n) is 0.804. The molecule has 0 saturated carbocycles. The summed E-state index contributed by atoms with van der Waals surface area (Å²) in [4.78, 5) is 0. The SMILES string of the molecule is CCCCNc1ccc(I)nn1. The maximum Gasteiger partial charge on any atom is 0.148 e. The second kappa shape index (κ2) is 5.29. The summed E-state index contributed by atoms with van der Waals surface area (Å²) in [7, 11) is 0. The molecule has 0 radical (unpaired) electrons. The van der Waals surface area contributed by atoms with Gasteiger partial charge in [-0.3, -0.25) is 0 Å². The van der Waals surface area contributed by atoms with Crippen molar-refractivity contribution in [2.45, 2.75) is 19.8 Å². The summed E-state index contributed by atoms with van der Waals surface area (Å²) in [5.41, 5.74) is 0. The van der Waals surface area contributed by atoms with Gasteiger partial charge in [-0.2, -0.15) is 0 Å². The molecule has 3 nitrogen and oxygen atoms in total. The Balaban J connectivity index is 2.37. The van der Waals surface area contributed by atoms with Crippen LogP contribution in [0.25, 0.3) is 0 Å². The average molecular weight is 277 g/mol. The predicted octanol–water partition coefficient (Wildman–Crippen LogP) is 2.29. The van der Waals surface area contributed by atoms with Crippen molar-refractivity contribution in [2.24, 2.45) is 0 Å². The van der Waals surface area contributed by atoms with Crippen LogP contribution in [-0.2, 0) is 0 Å². The Hall–Kier alpha value is -0.390. The highest BCUT2D eigenvalue weighted by atomic mass is 127. The monoisotopic (exact) mass is 277 g/mol. The third-order valence-corrected chi connectivity index (χ3v) is 2.04. The van der Waals surface area contributed by atoms with E-state index in [0.29, 0.717) is 0 Å². The maximum absolute atomic E-state index is 3.98. The van der Waals surface area contributed by atoms with Gasteiger partial charge in [0, 0.05) is 6.54 Å². The number of halogens is 1. The minimum absolute atomic E-state index is 0.865. The molecule has 4 heteroatoms. The van der Waals surface area contributed by atoms with Crippen LogP contribution in [-0.4, -0.2) is 16.7 Å². The van der Waals surface area contributed by atoms with Crippen LogP contribution in [0, 0.1) is 3.70 Å². The van der Waals surface area contributed by atoms with Gasteiger partial charge in [-0.1, -0.05) is 13.3 Å². The third kappa shape index (κ3) is 3.34. The van der Waals surface area contributed by atoms with Gasteiger partial charge in [0.2, 0.25) is 0 Å². The lowest BCUT2D eigenvalue weighted by molar-refractivity contribution is 0.826. The predicted molar refractivity (Wildman–Crippen MR) is 58.1 cm³/mol. The molecule has 12 heavy (non-hydrogen) atoms. The van der Waals surface area contributed by atoms with E-state index in [2.05, 4.69) is 45.0 Å². The topological polar surface area (TPSA) is 37.8 Å². The van der Waals surface area contributed by atoms with Crippen LogP contribution in [0.15, 0.2) is 12.1 Å². The second-order valence-electron chi connectivity index (χ2n) is 2.52. The minimum atomic E-state index is 0.865. The number of unbranched alkanes of at least 4 members (excludes halogenated alkanes) is 1. The number of hydrogen-bond acceptors (Lipinski definition) is 3. The van der Waals surface area contributed by atoms with E-state index in [1.165, 1.54) is 12.8 Å². The highest BCUT2D eigenvalue weighted by molar-refractivity contribution is 14.1. The van der Waals surface area contributed by atoms with Crippen molar-refractivity contribution in [2.75, 3.05) is 11.9 Å². The molecule has 1 rings (SSSR count). The lowest BCUT2D eigenvalue weighted by Crippen LogP contribution is -2.03. The van der Waals surface area contributed by atoms with Crippen molar-refractivity contribution in [1.29, 1.82) is 0 Å². The standard InChI is InChI=1S/C8H12IN3/c1-2-3-6-10-8-5-4-7(9)11-12-8/h4-5H,2-3,6H2,1H3,(H,10,12). The lowest BCUT2D eigenvalue weighted by Gasteiger charge is -2.02. The van der Waals surface area contributed by atoms with E-state index in [1.807, 2.05) is 12.1 Å². The van der Waals surface area contributed by atoms with Gasteiger partial charge in [0.05, 0.1) is 0 Å². The van der Waals surface area contributed by atoms with E-state index in [1.54, 1.807) is 0 Å². The lowest BCUT2D eigenvalue weighted by atomic mass is 10.3. The Morgan fingerprint density at radius 3 is 2.83 bits per heavy atom. The summed E-state index contributed by atoms with van der Waals surface area (Å²) in [6, 6.07) is 3.90. The van der Waals surface area contributed by atoms with Crippen LogP contribution in [0.5, 0.6) is 0 Å². The molecule has 0 unspecified atom stereocenters. The molecular formula is C8H12IN3. The number of nitrogens with zero attached hydrogens (tertiary/aromatic N) is 2. The van der Waals surface area contributed by atoms with Gasteiger partial charge in [0.25, 0.3) is 0 Å². The first kappa shape index (κ1) is 9.70. The molecule has 0 fully saturated rings. The van der Waals surface area contributed by atoms with Gasteiger partial charge < -0.3 is 5.32 Å². The average Bonchev–Trinajstić information content (AvgIpc) is 2.09. The first-order chi connectivity index (χ1) is 5.83. The zero-order valence-corrected chi connectivity index (χ0v) is 9.21. The molecule has 0 aliphatic heterocycles. The first-order valence-corrected chi connectivity index (χ1v) is 5.14. The fourth-order valence-corrected chi connectivity index (χ4v) is 1.09. The van der Waals surface area contributed by atoms with Gasteiger partial charge in [0.15, 0.2) is 0 Å². The number of aromatic nitrogens is 2. The molecule has 0 aromatic carbocycles. The van der Waals surface area contributed by atoms with Crippen molar-refractivity contribution in [3.05, 3.63) is 15.8 Å². The van der Waals surface area contributed by atoms with Gasteiger partial charge in [0.1, 0.15) is 9.52 Å². The van der Waals surface area contributed by atoms with E-state index >= 15 is 0 Å². The summed E-state index contributed by atoms with van der Waals surface area (Å²) in [6.07, 6.45) is 2.37. The van der Waals surface area contributed by atoms with E-state index in [0.717, 1.165) is 16.1 Å². The van der Waals surface area contributed by atoms with Crippen LogP contribution >= 0.6 is 22.6 Å². The quantitative estimate of drug-likeness (QED) is 0.677. The summed E-state index contributed by atoms with van der Waals surface area (Å²) in [5, 5.41) is 11.1. The molecular weight excluding hydrogens is 265 g/mol. The third-order valence-electron chi connectivity index (χ3n) is 1.47. The van der Waals surface area contributed by atoms with Crippen molar-refractivity contribution in [1.82, 2.24) is 10.2 Å². The van der Waals surface area contributed by atoms with Crippen molar-refractivity contribution in [3.8, 4) is 0 Å². The van der Waals surface area contributed by atoms with Gasteiger partial charge in [-0.25, -0.2) is 0 Å². The van der Waals surface area contributed by atoms with Crippen LogP contribution < -0.4 is 5.32 Å². The molecule has 0 spiro atoms. The summed E-state index contributed by atoms with van der Waals surface area (Å²) < 4.78 is 0.925. The highest BCUT2D eigenvalue weighted by Gasteiger charge is 1.92. The first-order valence-electron chi connectivity index (χ1n) is 4.06. The zero-order valence-electron chi connectivity index (χ0n) is 7.05. The Morgan fingerprint density at radius 1 is 1.42 bits per heavy atom. The largest absolute Gasteiger partial charge is 0.369 e. The molecule has 0 atom stereocenters. The Labute approximate surface area is 86.1 Å². The number of rotatable bonds is 4. The molecule has 1 aromatic heterocycles. The van der Waals surface area contributed by atoms with Crippen LogP contribution in [0.4, 0.5) is 5.82 Å².